The summed E-state index contributed by atoms with van der Waals surface area (Å²) in [4.78, 5) is 16.1. The molecule has 0 unspecified atom stereocenters. The van der Waals surface area contributed by atoms with E-state index in [2.05, 4.69) is 0 Å². The van der Waals surface area contributed by atoms with Crippen LogP contribution in [0.2, 0.25) is 0 Å². The fourth-order valence-corrected chi connectivity index (χ4v) is 3.09. The van der Waals surface area contributed by atoms with Gasteiger partial charge in [0.1, 0.15) is 0 Å². The Morgan fingerprint density at radius 2 is 1.68 bits per heavy atom. The number of hydrogen-bond acceptors (Lipinski definition) is 2. The maximum absolute atomic E-state index is 11.4. The fourth-order valence-electron chi connectivity index (χ4n) is 3.09. The molecule has 0 saturated heterocycles. The van der Waals surface area contributed by atoms with Gasteiger partial charge in [-0.05, 0) is 25.0 Å². The Morgan fingerprint density at radius 1 is 1.00 bits per heavy atom. The molecule has 1 aliphatic rings. The zero-order chi connectivity index (χ0) is 14.7. The largest absolute Gasteiger partial charge is 0.478 e. The first-order valence-electron chi connectivity index (χ1n) is 7.55. The average molecular weight is 318 g/mol. The van der Waals surface area contributed by atoms with Gasteiger partial charge in [0.15, 0.2) is 0 Å². The molecule has 0 amide bonds. The van der Waals surface area contributed by atoms with Crippen molar-refractivity contribution in [1.29, 1.82) is 0 Å². The van der Waals surface area contributed by atoms with Gasteiger partial charge in [0.2, 0.25) is 0 Å². The van der Waals surface area contributed by atoms with Crippen LogP contribution in [0.3, 0.4) is 0 Å². The van der Waals surface area contributed by atoms with Gasteiger partial charge in [-0.1, -0.05) is 49.6 Å². The van der Waals surface area contributed by atoms with Gasteiger partial charge in [-0.25, -0.2) is 4.79 Å². The summed E-state index contributed by atoms with van der Waals surface area (Å²) in [5, 5.41) is 9.39. The first kappa shape index (κ1) is 16.5. The number of pyridine rings is 1. The Morgan fingerprint density at radius 3 is 2.32 bits per heavy atom. The maximum Gasteiger partial charge on any atom is 0.337 e. The first-order chi connectivity index (χ1) is 10.3. The Hall–Kier alpha value is -1.87. The Kier molecular flexibility index (Phi) is 5.56. The molecule has 1 N–H and O–H groups in total. The van der Waals surface area contributed by atoms with Crippen LogP contribution in [-0.4, -0.2) is 16.1 Å². The number of benzene rings is 1. The Labute approximate surface area is 136 Å². The highest BCUT2D eigenvalue weighted by Gasteiger charge is 2.20. The molecule has 3 rings (SSSR count). The van der Waals surface area contributed by atoms with Gasteiger partial charge in [0, 0.05) is 17.2 Å². The molecule has 1 aromatic carbocycles. The summed E-state index contributed by atoms with van der Waals surface area (Å²) < 4.78 is 0. The van der Waals surface area contributed by atoms with E-state index in [4.69, 9.17) is 4.98 Å². The van der Waals surface area contributed by atoms with Crippen molar-refractivity contribution in [2.75, 3.05) is 0 Å². The molecule has 1 saturated carbocycles. The molecule has 22 heavy (non-hydrogen) atoms. The van der Waals surface area contributed by atoms with E-state index < -0.39 is 5.97 Å². The highest BCUT2D eigenvalue weighted by molar-refractivity contribution is 5.94. The van der Waals surface area contributed by atoms with Crippen molar-refractivity contribution in [3.05, 3.63) is 53.7 Å². The van der Waals surface area contributed by atoms with Gasteiger partial charge in [-0.3, -0.25) is 4.98 Å². The second-order valence-electron chi connectivity index (χ2n) is 5.64. The molecule has 1 aliphatic carbocycles. The molecule has 4 heteroatoms. The Bertz CT molecular complexity index is 637. The molecular weight excluding hydrogens is 298 g/mol. The van der Waals surface area contributed by atoms with E-state index in [0.29, 0.717) is 11.6 Å². The quantitative estimate of drug-likeness (QED) is 0.874. The highest BCUT2D eigenvalue weighted by Crippen LogP contribution is 2.33. The molecule has 0 aliphatic heterocycles. The molecule has 2 aromatic rings. The summed E-state index contributed by atoms with van der Waals surface area (Å²) in [7, 11) is 0. The molecule has 0 spiro atoms. The number of nitrogens with zero attached hydrogens (tertiary/aromatic N) is 1. The van der Waals surface area contributed by atoms with Gasteiger partial charge in [0.25, 0.3) is 0 Å². The van der Waals surface area contributed by atoms with Gasteiger partial charge >= 0.3 is 5.97 Å². The van der Waals surface area contributed by atoms with Crippen LogP contribution in [0.4, 0.5) is 0 Å². The summed E-state index contributed by atoms with van der Waals surface area (Å²) in [6.07, 6.45) is 6.11. The highest BCUT2D eigenvalue weighted by atomic mass is 35.5. The second kappa shape index (κ2) is 7.41. The number of carbonyl (C=O) groups is 1. The average Bonchev–Trinajstić information content (AvgIpc) is 2.56. The van der Waals surface area contributed by atoms with E-state index in [1.54, 1.807) is 6.07 Å². The van der Waals surface area contributed by atoms with Gasteiger partial charge in [-0.2, -0.15) is 0 Å². The number of carboxylic acids is 1. The van der Waals surface area contributed by atoms with Crippen LogP contribution in [0, 0.1) is 0 Å². The third-order valence-corrected chi connectivity index (χ3v) is 4.22. The van der Waals surface area contributed by atoms with E-state index in [1.165, 1.54) is 19.3 Å². The zero-order valence-corrected chi connectivity index (χ0v) is 13.2. The third-order valence-electron chi connectivity index (χ3n) is 4.22. The summed E-state index contributed by atoms with van der Waals surface area (Å²) >= 11 is 0. The SMILES string of the molecule is Cl.O=C(O)c1ccc(C2CCCCC2)nc1-c1ccccc1. The molecule has 116 valence electrons. The van der Waals surface area contributed by atoms with E-state index in [1.807, 2.05) is 36.4 Å². The van der Waals surface area contributed by atoms with E-state index in [9.17, 15) is 9.90 Å². The minimum atomic E-state index is -0.920. The van der Waals surface area contributed by atoms with Crippen molar-refractivity contribution in [3.8, 4) is 11.3 Å². The lowest BCUT2D eigenvalue weighted by atomic mass is 9.86. The summed E-state index contributed by atoms with van der Waals surface area (Å²) in [6, 6.07) is 13.2. The van der Waals surface area contributed by atoms with Crippen molar-refractivity contribution < 1.29 is 9.90 Å². The molecule has 1 aromatic heterocycles. The molecule has 1 heterocycles. The maximum atomic E-state index is 11.4. The number of aromatic carboxylic acids is 1. The van der Waals surface area contributed by atoms with Crippen LogP contribution < -0.4 is 0 Å². The molecule has 1 fully saturated rings. The fraction of sp³-hybridized carbons (Fsp3) is 0.333. The number of rotatable bonds is 3. The summed E-state index contributed by atoms with van der Waals surface area (Å²) in [5.41, 5.74) is 2.78. The van der Waals surface area contributed by atoms with E-state index >= 15 is 0 Å². The molecular formula is C18H20ClNO2. The third kappa shape index (κ3) is 3.47. The van der Waals surface area contributed by atoms with Crippen LogP contribution in [-0.2, 0) is 0 Å². The van der Waals surface area contributed by atoms with Crippen LogP contribution in [0.5, 0.6) is 0 Å². The lowest BCUT2D eigenvalue weighted by molar-refractivity contribution is 0.0697. The summed E-state index contributed by atoms with van der Waals surface area (Å²) in [6.45, 7) is 0. The second-order valence-corrected chi connectivity index (χ2v) is 5.64. The predicted octanol–water partition coefficient (Wildman–Crippen LogP) is 4.92. The number of aromatic nitrogens is 1. The monoisotopic (exact) mass is 317 g/mol. The van der Waals surface area contributed by atoms with Crippen LogP contribution >= 0.6 is 12.4 Å². The smallest absolute Gasteiger partial charge is 0.337 e. The number of carboxylic acid groups (broad SMARTS) is 1. The van der Waals surface area contributed by atoms with Crippen molar-refractivity contribution in [2.24, 2.45) is 0 Å². The first-order valence-corrected chi connectivity index (χ1v) is 7.55. The number of hydrogen-bond donors (Lipinski definition) is 1. The molecule has 0 bridgehead atoms. The van der Waals surface area contributed by atoms with Crippen LogP contribution in [0.15, 0.2) is 42.5 Å². The molecule has 0 atom stereocenters. The number of halogens is 1. The Balaban J connectivity index is 0.00000176. The van der Waals surface area contributed by atoms with Gasteiger partial charge in [-0.15, -0.1) is 12.4 Å². The lowest BCUT2D eigenvalue weighted by Gasteiger charge is -2.22. The van der Waals surface area contributed by atoms with Crippen molar-refractivity contribution in [1.82, 2.24) is 4.98 Å². The van der Waals surface area contributed by atoms with E-state index in [-0.39, 0.29) is 18.0 Å². The van der Waals surface area contributed by atoms with Crippen molar-refractivity contribution in [2.45, 2.75) is 38.0 Å². The van der Waals surface area contributed by atoms with Gasteiger partial charge < -0.3 is 5.11 Å². The molecule has 3 nitrogen and oxygen atoms in total. The summed E-state index contributed by atoms with van der Waals surface area (Å²) in [5.74, 6) is -0.444. The van der Waals surface area contributed by atoms with E-state index in [0.717, 1.165) is 24.1 Å². The molecule has 0 radical (unpaired) electrons. The normalized spacial score (nSPS) is 15.1. The van der Waals surface area contributed by atoms with Gasteiger partial charge in [0.05, 0.1) is 11.3 Å². The topological polar surface area (TPSA) is 50.2 Å². The van der Waals surface area contributed by atoms with Crippen molar-refractivity contribution in [3.63, 3.8) is 0 Å². The van der Waals surface area contributed by atoms with Crippen LogP contribution in [0.25, 0.3) is 11.3 Å². The lowest BCUT2D eigenvalue weighted by Crippen LogP contribution is -2.09. The zero-order valence-electron chi connectivity index (χ0n) is 12.4. The van der Waals surface area contributed by atoms with Crippen LogP contribution in [0.1, 0.15) is 54.1 Å². The minimum Gasteiger partial charge on any atom is -0.478 e. The predicted molar refractivity (Wildman–Crippen MR) is 89.7 cm³/mol. The minimum absolute atomic E-state index is 0. The van der Waals surface area contributed by atoms with Crippen molar-refractivity contribution >= 4 is 18.4 Å². The standard InChI is InChI=1S/C18H19NO2.ClH/c20-18(21)15-11-12-16(13-7-3-1-4-8-13)19-17(15)14-9-5-2-6-10-14;/h2,5-6,9-13H,1,3-4,7-8H2,(H,20,21);1H.